The zero-order valence-corrected chi connectivity index (χ0v) is 12.8. The third-order valence-corrected chi connectivity index (χ3v) is 3.29. The fourth-order valence-corrected chi connectivity index (χ4v) is 2.09. The van der Waals surface area contributed by atoms with Crippen LogP contribution in [0.1, 0.15) is 22.3 Å². The van der Waals surface area contributed by atoms with Crippen molar-refractivity contribution in [3.63, 3.8) is 0 Å². The summed E-state index contributed by atoms with van der Waals surface area (Å²) in [6, 6.07) is 17.4. The van der Waals surface area contributed by atoms with Crippen LogP contribution in [0.2, 0.25) is 0 Å². The van der Waals surface area contributed by atoms with Crippen LogP contribution in [0, 0.1) is 0 Å². The van der Waals surface area contributed by atoms with Gasteiger partial charge in [0.2, 0.25) is 0 Å². The minimum atomic E-state index is 0.124. The molecule has 0 saturated carbocycles. The third-order valence-electron chi connectivity index (χ3n) is 3.29. The second-order valence-corrected chi connectivity index (χ2v) is 4.92. The quantitative estimate of drug-likeness (QED) is 0.597. The molecule has 0 radical (unpaired) electrons. The zero-order valence-electron chi connectivity index (χ0n) is 12.8. The first kappa shape index (κ1) is 16.0. The molecular weight excluding hydrogens is 274 g/mol. The standard InChI is InChI=1S/C19H21NO2/c1-22-18-11-5-10-17(15-18)19(21)12-14-20-13-6-9-16-7-3-2-4-8-16/h2-11,15,20H,12-14H2,1H3/b9-6+. The molecule has 0 amide bonds. The molecule has 0 unspecified atom stereocenters. The molecule has 1 N–H and O–H groups in total. The third kappa shape index (κ3) is 5.19. The van der Waals surface area contributed by atoms with E-state index in [1.807, 2.05) is 36.4 Å². The Balaban J connectivity index is 1.70. The molecule has 0 aliphatic heterocycles. The predicted octanol–water partition coefficient (Wildman–Crippen LogP) is 3.57. The van der Waals surface area contributed by atoms with Crippen molar-refractivity contribution in [2.45, 2.75) is 6.42 Å². The summed E-state index contributed by atoms with van der Waals surface area (Å²) < 4.78 is 5.13. The molecule has 114 valence electrons. The maximum absolute atomic E-state index is 12.1. The lowest BCUT2D eigenvalue weighted by Gasteiger charge is -2.04. The molecule has 2 rings (SSSR count). The summed E-state index contributed by atoms with van der Waals surface area (Å²) in [6.07, 6.45) is 4.61. The number of nitrogens with one attached hydrogen (secondary N) is 1. The molecule has 0 aliphatic rings. The van der Waals surface area contributed by atoms with Crippen LogP contribution in [-0.4, -0.2) is 26.0 Å². The normalized spacial score (nSPS) is 10.8. The molecule has 2 aromatic carbocycles. The van der Waals surface area contributed by atoms with Crippen LogP contribution < -0.4 is 10.1 Å². The van der Waals surface area contributed by atoms with E-state index in [1.165, 1.54) is 5.56 Å². The van der Waals surface area contributed by atoms with Gasteiger partial charge in [0.15, 0.2) is 5.78 Å². The summed E-state index contributed by atoms with van der Waals surface area (Å²) in [5, 5.41) is 3.25. The number of hydrogen-bond donors (Lipinski definition) is 1. The van der Waals surface area contributed by atoms with E-state index in [4.69, 9.17) is 4.74 Å². The van der Waals surface area contributed by atoms with Crippen molar-refractivity contribution in [3.05, 3.63) is 71.8 Å². The van der Waals surface area contributed by atoms with E-state index in [9.17, 15) is 4.79 Å². The molecule has 0 atom stereocenters. The second-order valence-electron chi connectivity index (χ2n) is 4.92. The SMILES string of the molecule is COc1cccc(C(=O)CCNC/C=C/c2ccccc2)c1. The van der Waals surface area contributed by atoms with Crippen molar-refractivity contribution >= 4 is 11.9 Å². The van der Waals surface area contributed by atoms with E-state index in [0.717, 1.165) is 6.54 Å². The van der Waals surface area contributed by atoms with E-state index in [-0.39, 0.29) is 5.78 Å². The number of ether oxygens (including phenoxy) is 1. The summed E-state index contributed by atoms with van der Waals surface area (Å²) >= 11 is 0. The van der Waals surface area contributed by atoms with Crippen molar-refractivity contribution in [1.82, 2.24) is 5.32 Å². The van der Waals surface area contributed by atoms with Crippen molar-refractivity contribution in [1.29, 1.82) is 0 Å². The molecule has 2 aromatic rings. The topological polar surface area (TPSA) is 38.3 Å². The first-order chi connectivity index (χ1) is 10.8. The van der Waals surface area contributed by atoms with Gasteiger partial charge in [0.25, 0.3) is 0 Å². The van der Waals surface area contributed by atoms with E-state index in [1.54, 1.807) is 13.2 Å². The van der Waals surface area contributed by atoms with Gasteiger partial charge >= 0.3 is 0 Å². The number of Topliss-reactive ketones (excluding diaryl/α,β-unsaturated/α-hetero) is 1. The summed E-state index contributed by atoms with van der Waals surface area (Å²) in [7, 11) is 1.60. The Labute approximate surface area is 131 Å². The molecule has 22 heavy (non-hydrogen) atoms. The van der Waals surface area contributed by atoms with Gasteiger partial charge in [0.1, 0.15) is 5.75 Å². The summed E-state index contributed by atoms with van der Waals surface area (Å²) in [6.45, 7) is 1.41. The molecular formula is C19H21NO2. The minimum absolute atomic E-state index is 0.124. The number of methoxy groups -OCH3 is 1. The van der Waals surface area contributed by atoms with E-state index in [2.05, 4.69) is 29.6 Å². The highest BCUT2D eigenvalue weighted by atomic mass is 16.5. The number of benzene rings is 2. The molecule has 0 spiro atoms. The van der Waals surface area contributed by atoms with Gasteiger partial charge in [0, 0.05) is 25.1 Å². The first-order valence-electron chi connectivity index (χ1n) is 7.39. The Morgan fingerprint density at radius 2 is 1.95 bits per heavy atom. The number of hydrogen-bond acceptors (Lipinski definition) is 3. The fourth-order valence-electron chi connectivity index (χ4n) is 2.09. The first-order valence-corrected chi connectivity index (χ1v) is 7.39. The highest BCUT2D eigenvalue weighted by Crippen LogP contribution is 2.13. The van der Waals surface area contributed by atoms with E-state index < -0.39 is 0 Å². The highest BCUT2D eigenvalue weighted by Gasteiger charge is 2.05. The van der Waals surface area contributed by atoms with Crippen LogP contribution in [0.3, 0.4) is 0 Å². The second kappa shape index (κ2) is 8.80. The van der Waals surface area contributed by atoms with Gasteiger partial charge < -0.3 is 10.1 Å². The van der Waals surface area contributed by atoms with Crippen molar-refractivity contribution in [2.24, 2.45) is 0 Å². The monoisotopic (exact) mass is 295 g/mol. The Bertz CT molecular complexity index is 620. The fraction of sp³-hybridized carbons (Fsp3) is 0.211. The Hall–Kier alpha value is -2.39. The molecule has 0 saturated heterocycles. The minimum Gasteiger partial charge on any atom is -0.497 e. The summed E-state index contributed by atoms with van der Waals surface area (Å²) in [4.78, 5) is 12.1. The molecule has 0 aliphatic carbocycles. The van der Waals surface area contributed by atoms with Crippen molar-refractivity contribution < 1.29 is 9.53 Å². The molecule has 0 aromatic heterocycles. The molecule has 3 heteroatoms. The molecule has 0 heterocycles. The number of ketones is 1. The number of carbonyl (C=O) groups excluding carboxylic acids is 1. The summed E-state index contributed by atoms with van der Waals surface area (Å²) in [5.41, 5.74) is 1.87. The number of rotatable bonds is 8. The van der Waals surface area contributed by atoms with Crippen LogP contribution >= 0.6 is 0 Å². The van der Waals surface area contributed by atoms with E-state index in [0.29, 0.717) is 24.3 Å². The Kier molecular flexibility index (Phi) is 6.39. The lowest BCUT2D eigenvalue weighted by molar-refractivity contribution is 0.0982. The molecule has 3 nitrogen and oxygen atoms in total. The van der Waals surface area contributed by atoms with Crippen LogP contribution in [0.4, 0.5) is 0 Å². The van der Waals surface area contributed by atoms with Gasteiger partial charge in [-0.1, -0.05) is 54.6 Å². The van der Waals surface area contributed by atoms with Crippen molar-refractivity contribution in [3.8, 4) is 5.75 Å². The number of carbonyl (C=O) groups is 1. The van der Waals surface area contributed by atoms with Crippen LogP contribution in [-0.2, 0) is 0 Å². The van der Waals surface area contributed by atoms with Gasteiger partial charge in [-0.15, -0.1) is 0 Å². The predicted molar refractivity (Wildman–Crippen MR) is 90.3 cm³/mol. The molecule has 0 bridgehead atoms. The van der Waals surface area contributed by atoms with Gasteiger partial charge in [-0.3, -0.25) is 4.79 Å². The largest absolute Gasteiger partial charge is 0.497 e. The smallest absolute Gasteiger partial charge is 0.164 e. The average Bonchev–Trinajstić information content (AvgIpc) is 2.58. The van der Waals surface area contributed by atoms with Crippen LogP contribution in [0.5, 0.6) is 5.75 Å². The average molecular weight is 295 g/mol. The highest BCUT2D eigenvalue weighted by molar-refractivity contribution is 5.96. The Morgan fingerprint density at radius 3 is 2.73 bits per heavy atom. The Morgan fingerprint density at radius 1 is 1.14 bits per heavy atom. The zero-order chi connectivity index (χ0) is 15.6. The van der Waals surface area contributed by atoms with Gasteiger partial charge in [-0.25, -0.2) is 0 Å². The molecule has 0 fully saturated rings. The van der Waals surface area contributed by atoms with Crippen LogP contribution in [0.25, 0.3) is 6.08 Å². The van der Waals surface area contributed by atoms with Crippen LogP contribution in [0.15, 0.2) is 60.7 Å². The maximum Gasteiger partial charge on any atom is 0.164 e. The van der Waals surface area contributed by atoms with Crippen molar-refractivity contribution in [2.75, 3.05) is 20.2 Å². The summed E-state index contributed by atoms with van der Waals surface area (Å²) in [5.74, 6) is 0.836. The lowest BCUT2D eigenvalue weighted by atomic mass is 10.1. The lowest BCUT2D eigenvalue weighted by Crippen LogP contribution is -2.18. The maximum atomic E-state index is 12.1. The van der Waals surface area contributed by atoms with Gasteiger partial charge in [0.05, 0.1) is 7.11 Å². The van der Waals surface area contributed by atoms with Gasteiger partial charge in [-0.2, -0.15) is 0 Å². The van der Waals surface area contributed by atoms with Gasteiger partial charge in [-0.05, 0) is 17.7 Å². The van der Waals surface area contributed by atoms with E-state index >= 15 is 0 Å².